The van der Waals surface area contributed by atoms with Crippen molar-refractivity contribution in [2.45, 2.75) is 19.8 Å². The maximum Gasteiger partial charge on any atom is 0.246 e. The van der Waals surface area contributed by atoms with Crippen LogP contribution in [0.5, 0.6) is 5.75 Å². The zero-order valence-electron chi connectivity index (χ0n) is 11.1. The number of hydrogen-bond donors (Lipinski definition) is 2. The first-order valence-corrected chi connectivity index (χ1v) is 6.39. The third-order valence-electron chi connectivity index (χ3n) is 2.63. The van der Waals surface area contributed by atoms with Gasteiger partial charge in [0, 0.05) is 25.4 Å². The average molecular weight is 264 g/mol. The molecule has 1 aromatic heterocycles. The molecule has 5 nitrogen and oxygen atoms in total. The fourth-order valence-electron chi connectivity index (χ4n) is 1.61. The van der Waals surface area contributed by atoms with E-state index in [-0.39, 0.29) is 18.3 Å². The minimum absolute atomic E-state index is 0.0447. The Labute approximate surface area is 113 Å². The molecule has 19 heavy (non-hydrogen) atoms. The quantitative estimate of drug-likeness (QED) is 0.730. The smallest absolute Gasteiger partial charge is 0.246 e. The lowest BCUT2D eigenvalue weighted by atomic mass is 10.2. The fourth-order valence-corrected chi connectivity index (χ4v) is 1.61. The van der Waals surface area contributed by atoms with Crippen LogP contribution >= 0.6 is 0 Å². The van der Waals surface area contributed by atoms with Crippen molar-refractivity contribution in [3.63, 3.8) is 0 Å². The van der Waals surface area contributed by atoms with Gasteiger partial charge in [-0.1, -0.05) is 13.3 Å². The molecule has 0 fully saturated rings. The lowest BCUT2D eigenvalue weighted by molar-refractivity contribution is -0.126. The second-order valence-corrected chi connectivity index (χ2v) is 4.21. The number of aromatic nitrogens is 1. The van der Waals surface area contributed by atoms with E-state index in [4.69, 9.17) is 5.11 Å². The Kier molecular flexibility index (Phi) is 6.60. The van der Waals surface area contributed by atoms with E-state index in [2.05, 4.69) is 11.9 Å². The molecule has 0 atom stereocenters. The van der Waals surface area contributed by atoms with Gasteiger partial charge in [0.2, 0.25) is 5.91 Å². The molecule has 0 saturated carbocycles. The molecule has 1 aromatic rings. The molecule has 104 valence electrons. The highest BCUT2D eigenvalue weighted by Gasteiger charge is 2.08. The summed E-state index contributed by atoms with van der Waals surface area (Å²) in [7, 11) is 0. The largest absolute Gasteiger partial charge is 0.506 e. The highest BCUT2D eigenvalue weighted by Crippen LogP contribution is 2.10. The summed E-state index contributed by atoms with van der Waals surface area (Å²) in [4.78, 5) is 17.4. The Morgan fingerprint density at radius 3 is 2.84 bits per heavy atom. The van der Waals surface area contributed by atoms with E-state index < -0.39 is 0 Å². The zero-order chi connectivity index (χ0) is 14.1. The third-order valence-corrected chi connectivity index (χ3v) is 2.63. The number of rotatable bonds is 7. The van der Waals surface area contributed by atoms with E-state index in [1.165, 1.54) is 18.3 Å². The Balaban J connectivity index is 2.64. The van der Waals surface area contributed by atoms with Gasteiger partial charge in [-0.2, -0.15) is 0 Å². The summed E-state index contributed by atoms with van der Waals surface area (Å²) in [6.07, 6.45) is 7.83. The SMILES string of the molecule is CCCCN(CCO)C(=O)/C=C/c1cncc(O)c1. The molecular formula is C14H20N2O3. The van der Waals surface area contributed by atoms with Gasteiger partial charge in [-0.15, -0.1) is 0 Å². The van der Waals surface area contributed by atoms with Gasteiger partial charge in [0.1, 0.15) is 5.75 Å². The molecule has 1 amide bonds. The van der Waals surface area contributed by atoms with Crippen molar-refractivity contribution in [3.05, 3.63) is 30.1 Å². The van der Waals surface area contributed by atoms with Crippen LogP contribution in [-0.4, -0.2) is 45.7 Å². The number of carbonyl (C=O) groups excluding carboxylic acids is 1. The third kappa shape index (κ3) is 5.52. The van der Waals surface area contributed by atoms with Crippen LogP contribution in [0.1, 0.15) is 25.3 Å². The van der Waals surface area contributed by atoms with Crippen molar-refractivity contribution in [2.24, 2.45) is 0 Å². The van der Waals surface area contributed by atoms with Gasteiger partial charge in [-0.05, 0) is 24.1 Å². The summed E-state index contributed by atoms with van der Waals surface area (Å²) in [6.45, 7) is 2.98. The number of unbranched alkanes of at least 4 members (excludes halogenated alkanes) is 1. The monoisotopic (exact) mass is 264 g/mol. The maximum atomic E-state index is 11.9. The van der Waals surface area contributed by atoms with Gasteiger partial charge < -0.3 is 15.1 Å². The fraction of sp³-hybridized carbons (Fsp3) is 0.429. The van der Waals surface area contributed by atoms with E-state index in [0.29, 0.717) is 18.7 Å². The van der Waals surface area contributed by atoms with E-state index in [1.54, 1.807) is 17.2 Å². The Hall–Kier alpha value is -1.88. The molecule has 0 aliphatic rings. The zero-order valence-corrected chi connectivity index (χ0v) is 11.1. The number of pyridine rings is 1. The van der Waals surface area contributed by atoms with Crippen molar-refractivity contribution in [2.75, 3.05) is 19.7 Å². The summed E-state index contributed by atoms with van der Waals surface area (Å²) in [5.41, 5.74) is 0.660. The predicted octanol–water partition coefficient (Wildman–Crippen LogP) is 1.42. The van der Waals surface area contributed by atoms with Crippen molar-refractivity contribution in [1.29, 1.82) is 0 Å². The van der Waals surface area contributed by atoms with E-state index in [9.17, 15) is 9.90 Å². The summed E-state index contributed by atoms with van der Waals surface area (Å²) in [6, 6.07) is 1.53. The van der Waals surface area contributed by atoms with Crippen molar-refractivity contribution >= 4 is 12.0 Å². The topological polar surface area (TPSA) is 73.7 Å². The maximum absolute atomic E-state index is 11.9. The minimum Gasteiger partial charge on any atom is -0.506 e. The summed E-state index contributed by atoms with van der Waals surface area (Å²) in [5.74, 6) is -0.0846. The van der Waals surface area contributed by atoms with Gasteiger partial charge in [0.25, 0.3) is 0 Å². The molecule has 0 saturated heterocycles. The minimum atomic E-state index is -0.147. The summed E-state index contributed by atoms with van der Waals surface area (Å²) >= 11 is 0. The van der Waals surface area contributed by atoms with Crippen molar-refractivity contribution in [3.8, 4) is 5.75 Å². The number of aromatic hydroxyl groups is 1. The number of hydrogen-bond acceptors (Lipinski definition) is 4. The Morgan fingerprint density at radius 1 is 1.42 bits per heavy atom. The summed E-state index contributed by atoms with van der Waals surface area (Å²) in [5, 5.41) is 18.2. The molecule has 5 heteroatoms. The van der Waals surface area contributed by atoms with Gasteiger partial charge in [-0.25, -0.2) is 0 Å². The lowest BCUT2D eigenvalue weighted by Gasteiger charge is -2.19. The molecule has 0 unspecified atom stereocenters. The predicted molar refractivity (Wildman–Crippen MR) is 73.5 cm³/mol. The number of nitrogens with zero attached hydrogens (tertiary/aromatic N) is 2. The standard InChI is InChI=1S/C14H20N2O3/c1-2-3-6-16(7-8-17)14(19)5-4-12-9-13(18)11-15-10-12/h4-5,9-11,17-18H,2-3,6-8H2,1H3/b5-4+. The van der Waals surface area contributed by atoms with E-state index >= 15 is 0 Å². The number of aliphatic hydroxyl groups is 1. The highest BCUT2D eigenvalue weighted by molar-refractivity contribution is 5.91. The van der Waals surface area contributed by atoms with Crippen LogP contribution in [-0.2, 0) is 4.79 Å². The first kappa shape index (κ1) is 15.2. The molecular weight excluding hydrogens is 244 g/mol. The molecule has 1 heterocycles. The molecule has 0 radical (unpaired) electrons. The molecule has 1 rings (SSSR count). The number of amides is 1. The lowest BCUT2D eigenvalue weighted by Crippen LogP contribution is -2.33. The van der Waals surface area contributed by atoms with Crippen LogP contribution in [0.15, 0.2) is 24.5 Å². The van der Waals surface area contributed by atoms with E-state index in [0.717, 1.165) is 12.8 Å². The number of aliphatic hydroxyl groups excluding tert-OH is 1. The number of carbonyl (C=O) groups is 1. The molecule has 2 N–H and O–H groups in total. The molecule has 0 aliphatic heterocycles. The molecule has 0 aromatic carbocycles. The summed E-state index contributed by atoms with van der Waals surface area (Å²) < 4.78 is 0. The van der Waals surface area contributed by atoms with Gasteiger partial charge in [-0.3, -0.25) is 9.78 Å². The molecule has 0 bridgehead atoms. The van der Waals surface area contributed by atoms with Crippen LogP contribution in [0.3, 0.4) is 0 Å². The second-order valence-electron chi connectivity index (χ2n) is 4.21. The van der Waals surface area contributed by atoms with Crippen LogP contribution in [0.25, 0.3) is 6.08 Å². The first-order chi connectivity index (χ1) is 9.17. The van der Waals surface area contributed by atoms with Gasteiger partial charge in [0.05, 0.1) is 12.8 Å². The molecule has 0 aliphatic carbocycles. The van der Waals surface area contributed by atoms with Crippen LogP contribution in [0.2, 0.25) is 0 Å². The van der Waals surface area contributed by atoms with Crippen molar-refractivity contribution < 1.29 is 15.0 Å². The van der Waals surface area contributed by atoms with Gasteiger partial charge >= 0.3 is 0 Å². The van der Waals surface area contributed by atoms with E-state index in [1.807, 2.05) is 0 Å². The van der Waals surface area contributed by atoms with Gasteiger partial charge in [0.15, 0.2) is 0 Å². The van der Waals surface area contributed by atoms with Crippen LogP contribution in [0.4, 0.5) is 0 Å². The first-order valence-electron chi connectivity index (χ1n) is 6.39. The second kappa shape index (κ2) is 8.26. The molecule has 0 spiro atoms. The Morgan fingerprint density at radius 2 is 2.21 bits per heavy atom. The normalized spacial score (nSPS) is 10.8. The highest BCUT2D eigenvalue weighted by atomic mass is 16.3. The van der Waals surface area contributed by atoms with Crippen molar-refractivity contribution in [1.82, 2.24) is 9.88 Å². The van der Waals surface area contributed by atoms with Crippen LogP contribution < -0.4 is 0 Å². The van der Waals surface area contributed by atoms with Crippen LogP contribution in [0, 0.1) is 0 Å². The average Bonchev–Trinajstić information content (AvgIpc) is 2.41. The Bertz CT molecular complexity index is 432.